The summed E-state index contributed by atoms with van der Waals surface area (Å²) >= 11 is 5.89. The Bertz CT molecular complexity index is 1310. The van der Waals surface area contributed by atoms with Gasteiger partial charge in [-0.1, -0.05) is 42.8 Å². The second-order valence-corrected chi connectivity index (χ2v) is 9.40. The van der Waals surface area contributed by atoms with E-state index in [1.54, 1.807) is 0 Å². The molecule has 5 heteroatoms. The predicted molar refractivity (Wildman–Crippen MR) is 144 cm³/mol. The fourth-order valence-corrected chi connectivity index (χ4v) is 5.37. The first-order valence-electron chi connectivity index (χ1n) is 11.8. The molecule has 1 N–H and O–H groups in total. The van der Waals surface area contributed by atoms with E-state index in [1.807, 2.05) is 18.3 Å². The lowest BCUT2D eigenvalue weighted by Crippen LogP contribution is -2.29. The minimum absolute atomic E-state index is 0.0139. The Morgan fingerprint density at radius 2 is 1.62 bits per heavy atom. The molecule has 0 aliphatic carbocycles. The molecule has 1 aliphatic rings. The third-order valence-electron chi connectivity index (χ3n) is 6.80. The summed E-state index contributed by atoms with van der Waals surface area (Å²) in [4.78, 5) is 6.94. The molecule has 172 valence electrons. The molecule has 3 heterocycles. The van der Waals surface area contributed by atoms with Crippen molar-refractivity contribution in [1.29, 1.82) is 0 Å². The van der Waals surface area contributed by atoms with Gasteiger partial charge in [0.05, 0.1) is 17.8 Å². The first kappa shape index (κ1) is 22.4. The van der Waals surface area contributed by atoms with E-state index >= 15 is 0 Å². The first-order valence-corrected chi connectivity index (χ1v) is 12.2. The molecule has 1 fully saturated rings. The van der Waals surface area contributed by atoms with Crippen LogP contribution in [0.2, 0.25) is 0 Å². The molecule has 0 amide bonds. The fraction of sp³-hybridized carbons (Fsp3) is 0.241. The van der Waals surface area contributed by atoms with Gasteiger partial charge in [0, 0.05) is 29.0 Å². The monoisotopic (exact) mass is 466 g/mol. The Morgan fingerprint density at radius 3 is 2.26 bits per heavy atom. The molecule has 2 atom stereocenters. The lowest BCUT2D eigenvalue weighted by Gasteiger charge is -2.28. The van der Waals surface area contributed by atoms with Crippen molar-refractivity contribution in [3.8, 4) is 5.69 Å². The largest absolute Gasteiger partial charge is 0.351 e. The Labute approximate surface area is 207 Å². The van der Waals surface area contributed by atoms with Gasteiger partial charge in [-0.2, -0.15) is 0 Å². The highest BCUT2D eigenvalue weighted by Gasteiger charge is 2.42. The number of anilines is 1. The van der Waals surface area contributed by atoms with Crippen molar-refractivity contribution in [3.63, 3.8) is 0 Å². The van der Waals surface area contributed by atoms with E-state index in [2.05, 4.69) is 103 Å². The molecular weight excluding hydrogens is 436 g/mol. The zero-order chi connectivity index (χ0) is 23.8. The normalized spacial score (nSPS) is 17.8. The van der Waals surface area contributed by atoms with E-state index in [9.17, 15) is 0 Å². The summed E-state index contributed by atoms with van der Waals surface area (Å²) in [6.45, 7) is 8.68. The van der Waals surface area contributed by atoms with E-state index in [1.165, 1.54) is 33.8 Å². The maximum atomic E-state index is 5.89. The molecule has 0 saturated carbocycles. The van der Waals surface area contributed by atoms with Crippen molar-refractivity contribution in [2.24, 2.45) is 0 Å². The highest BCUT2D eigenvalue weighted by Crippen LogP contribution is 2.43. The SMILES string of the molecule is CCc1ccc(-n2c(C)cc([C@H]3[C@@H](c4ccccn4)NC(=S)N3c3ccc(C)cc3)c2C)cc1. The summed E-state index contributed by atoms with van der Waals surface area (Å²) in [6.07, 6.45) is 2.89. The van der Waals surface area contributed by atoms with Crippen LogP contribution >= 0.6 is 12.2 Å². The van der Waals surface area contributed by atoms with Crippen LogP contribution in [-0.4, -0.2) is 14.7 Å². The van der Waals surface area contributed by atoms with E-state index in [-0.39, 0.29) is 12.1 Å². The van der Waals surface area contributed by atoms with E-state index in [0.29, 0.717) is 0 Å². The van der Waals surface area contributed by atoms with Gasteiger partial charge in [0.25, 0.3) is 0 Å². The van der Waals surface area contributed by atoms with Gasteiger partial charge < -0.3 is 14.8 Å². The Morgan fingerprint density at radius 1 is 0.912 bits per heavy atom. The smallest absolute Gasteiger partial charge is 0.174 e. The zero-order valence-electron chi connectivity index (χ0n) is 20.1. The molecule has 0 bridgehead atoms. The van der Waals surface area contributed by atoms with Crippen LogP contribution in [0.5, 0.6) is 0 Å². The Balaban J connectivity index is 1.65. The summed E-state index contributed by atoms with van der Waals surface area (Å²) in [6, 6.07) is 25.8. The van der Waals surface area contributed by atoms with Gasteiger partial charge in [-0.15, -0.1) is 0 Å². The topological polar surface area (TPSA) is 33.1 Å². The Kier molecular flexibility index (Phi) is 5.96. The van der Waals surface area contributed by atoms with Gasteiger partial charge >= 0.3 is 0 Å². The number of aryl methyl sites for hydroxylation is 3. The molecule has 0 unspecified atom stereocenters. The van der Waals surface area contributed by atoms with Crippen molar-refractivity contribution in [2.45, 2.75) is 46.2 Å². The van der Waals surface area contributed by atoms with Crippen LogP contribution in [0.15, 0.2) is 79.0 Å². The molecule has 1 aliphatic heterocycles. The number of benzene rings is 2. The molecule has 4 nitrogen and oxygen atoms in total. The highest BCUT2D eigenvalue weighted by atomic mass is 32.1. The number of nitrogens with zero attached hydrogens (tertiary/aromatic N) is 3. The third kappa shape index (κ3) is 3.90. The van der Waals surface area contributed by atoms with Crippen molar-refractivity contribution in [1.82, 2.24) is 14.9 Å². The maximum absolute atomic E-state index is 5.89. The van der Waals surface area contributed by atoms with Crippen LogP contribution in [0.25, 0.3) is 5.69 Å². The van der Waals surface area contributed by atoms with Gasteiger partial charge in [-0.3, -0.25) is 4.98 Å². The standard InChI is InChI=1S/C29H30N4S/c1-5-22-11-15-23(16-12-22)32-20(3)18-25(21(32)4)28-27(26-8-6-7-17-30-26)31-29(34)33(28)24-13-9-19(2)10-14-24/h6-18,27-28H,5H2,1-4H3,(H,31,34)/t27-,28+/m1/s1. The average Bonchev–Trinajstić information content (AvgIpc) is 3.35. The van der Waals surface area contributed by atoms with Crippen molar-refractivity contribution >= 4 is 23.0 Å². The van der Waals surface area contributed by atoms with Gasteiger partial charge in [0.15, 0.2) is 5.11 Å². The van der Waals surface area contributed by atoms with Crippen LogP contribution in [0.4, 0.5) is 5.69 Å². The molecule has 34 heavy (non-hydrogen) atoms. The summed E-state index contributed by atoms with van der Waals surface area (Å²) in [5, 5.41) is 4.30. The predicted octanol–water partition coefficient (Wildman–Crippen LogP) is 6.54. The molecule has 0 radical (unpaired) electrons. The molecule has 0 spiro atoms. The number of thiocarbonyl (C=S) groups is 1. The summed E-state index contributed by atoms with van der Waals surface area (Å²) < 4.78 is 2.35. The minimum atomic E-state index is -0.0496. The maximum Gasteiger partial charge on any atom is 0.174 e. The van der Waals surface area contributed by atoms with Gasteiger partial charge in [0.2, 0.25) is 0 Å². The summed E-state index contributed by atoms with van der Waals surface area (Å²) in [5.74, 6) is 0. The van der Waals surface area contributed by atoms with E-state index < -0.39 is 0 Å². The lowest BCUT2D eigenvalue weighted by atomic mass is 9.96. The third-order valence-corrected chi connectivity index (χ3v) is 7.12. The molecule has 5 rings (SSSR count). The Hall–Kier alpha value is -3.44. The second-order valence-electron chi connectivity index (χ2n) is 9.01. The van der Waals surface area contributed by atoms with Gasteiger partial charge in [-0.25, -0.2) is 0 Å². The van der Waals surface area contributed by atoms with Crippen LogP contribution in [0.3, 0.4) is 0 Å². The first-order chi connectivity index (χ1) is 16.5. The quantitative estimate of drug-likeness (QED) is 0.339. The molecule has 1 saturated heterocycles. The number of rotatable bonds is 5. The van der Waals surface area contributed by atoms with E-state index in [4.69, 9.17) is 17.2 Å². The van der Waals surface area contributed by atoms with Crippen LogP contribution in [0.1, 0.15) is 52.8 Å². The zero-order valence-corrected chi connectivity index (χ0v) is 20.9. The summed E-state index contributed by atoms with van der Waals surface area (Å²) in [5.41, 5.74) is 9.51. The van der Waals surface area contributed by atoms with Crippen LogP contribution < -0.4 is 10.2 Å². The van der Waals surface area contributed by atoms with Crippen LogP contribution in [-0.2, 0) is 6.42 Å². The number of aromatic nitrogens is 2. The fourth-order valence-electron chi connectivity index (χ4n) is 5.02. The molecule has 2 aromatic carbocycles. The van der Waals surface area contributed by atoms with Crippen molar-refractivity contribution in [2.75, 3.05) is 4.90 Å². The van der Waals surface area contributed by atoms with Gasteiger partial charge in [0.1, 0.15) is 0 Å². The lowest BCUT2D eigenvalue weighted by molar-refractivity contribution is 0.565. The average molecular weight is 467 g/mol. The van der Waals surface area contributed by atoms with E-state index in [0.717, 1.165) is 22.9 Å². The minimum Gasteiger partial charge on any atom is -0.351 e. The number of pyridine rings is 1. The van der Waals surface area contributed by atoms with Gasteiger partial charge in [-0.05, 0) is 93.0 Å². The number of hydrogen-bond donors (Lipinski definition) is 1. The molecule has 2 aromatic heterocycles. The highest BCUT2D eigenvalue weighted by molar-refractivity contribution is 7.80. The summed E-state index contributed by atoms with van der Waals surface area (Å²) in [7, 11) is 0. The van der Waals surface area contributed by atoms with Crippen molar-refractivity contribution in [3.05, 3.63) is 113 Å². The number of hydrogen-bond acceptors (Lipinski definition) is 2. The molecule has 4 aromatic rings. The second kappa shape index (κ2) is 9.07. The van der Waals surface area contributed by atoms with Crippen molar-refractivity contribution < 1.29 is 0 Å². The molecular formula is C29H30N4S. The number of nitrogens with one attached hydrogen (secondary N) is 1. The van der Waals surface area contributed by atoms with Crippen LogP contribution in [0, 0.1) is 20.8 Å².